The molecule has 1 unspecified atom stereocenters. The Bertz CT molecular complexity index is 1020. The van der Waals surface area contributed by atoms with Crippen LogP contribution in [-0.4, -0.2) is 48.2 Å². The summed E-state index contributed by atoms with van der Waals surface area (Å²) in [5.41, 5.74) is 1.92. The highest BCUT2D eigenvalue weighted by Gasteiger charge is 2.28. The van der Waals surface area contributed by atoms with Gasteiger partial charge in [0.1, 0.15) is 12.0 Å². The molecule has 3 rings (SSSR count). The first-order valence-corrected chi connectivity index (χ1v) is 10.0. The van der Waals surface area contributed by atoms with Crippen LogP contribution in [0, 0.1) is 23.2 Å². The first-order valence-electron chi connectivity index (χ1n) is 10.0. The molecule has 2 heterocycles. The minimum atomic E-state index is -0.950. The average Bonchev–Trinajstić information content (AvgIpc) is 3.23. The molecule has 8 nitrogen and oxygen atoms in total. The molecule has 0 radical (unpaired) electrons. The van der Waals surface area contributed by atoms with Crippen LogP contribution in [-0.2, 0) is 4.79 Å². The molecule has 1 aliphatic heterocycles. The maximum Gasteiger partial charge on any atom is 0.237 e. The Morgan fingerprint density at radius 3 is 3.03 bits per heavy atom. The van der Waals surface area contributed by atoms with Crippen molar-refractivity contribution in [2.24, 2.45) is 0 Å². The Kier molecular flexibility index (Phi) is 7.74. The molecule has 0 spiro atoms. The third-order valence-corrected chi connectivity index (χ3v) is 4.67. The summed E-state index contributed by atoms with van der Waals surface area (Å²) < 4.78 is 13.1. The quantitative estimate of drug-likeness (QED) is 0.400. The highest BCUT2D eigenvalue weighted by Crippen LogP contribution is 2.17. The van der Waals surface area contributed by atoms with Gasteiger partial charge < -0.3 is 21.3 Å². The first-order chi connectivity index (χ1) is 15.1. The lowest BCUT2D eigenvalue weighted by Gasteiger charge is -2.09. The zero-order valence-electron chi connectivity index (χ0n) is 17.2. The number of nitrogens with zero attached hydrogens (tertiary/aromatic N) is 3. The summed E-state index contributed by atoms with van der Waals surface area (Å²) >= 11 is 0. The van der Waals surface area contributed by atoms with E-state index in [2.05, 4.69) is 49.1 Å². The van der Waals surface area contributed by atoms with Gasteiger partial charge in [-0.25, -0.2) is 9.37 Å². The van der Waals surface area contributed by atoms with Crippen LogP contribution in [0.3, 0.4) is 0 Å². The molecule has 0 saturated carbocycles. The number of hydrogen-bond donors (Lipinski definition) is 4. The zero-order valence-corrected chi connectivity index (χ0v) is 17.2. The molecule has 1 aromatic carbocycles. The maximum absolute atomic E-state index is 13.1. The summed E-state index contributed by atoms with van der Waals surface area (Å²) in [7, 11) is 1.75. The van der Waals surface area contributed by atoms with Crippen molar-refractivity contribution in [3.8, 4) is 17.9 Å². The number of carbonyl (C=O) groups is 1. The second kappa shape index (κ2) is 10.9. The smallest absolute Gasteiger partial charge is 0.237 e. The molecule has 1 aromatic heterocycles. The predicted molar refractivity (Wildman–Crippen MR) is 116 cm³/mol. The van der Waals surface area contributed by atoms with E-state index in [9.17, 15) is 9.18 Å². The van der Waals surface area contributed by atoms with Crippen molar-refractivity contribution in [3.63, 3.8) is 0 Å². The van der Waals surface area contributed by atoms with Gasteiger partial charge in [-0.15, -0.1) is 0 Å². The number of halogens is 1. The molecule has 4 N–H and O–H groups in total. The van der Waals surface area contributed by atoms with E-state index < -0.39 is 12.2 Å². The normalized spacial score (nSPS) is 17.2. The van der Waals surface area contributed by atoms with Crippen molar-refractivity contribution < 1.29 is 9.18 Å². The second-order valence-corrected chi connectivity index (χ2v) is 7.01. The maximum atomic E-state index is 13.1. The van der Waals surface area contributed by atoms with E-state index in [4.69, 9.17) is 5.26 Å². The standard InChI is InChI=1S/C22H24FN7O/c1-25-20-16(7-3-2-4-9-26-21(31)19-11-17(23)14-27-19)13-28-22(30-20)29-18-8-5-6-15(10-18)12-24/h5-6,8,10,13,17,19,27H,2,4,9,11,14H2,1H3,(H,26,31)(H2,25,28,29,30)/t17-,19?/m0/s1. The van der Waals surface area contributed by atoms with Crippen LogP contribution in [0.2, 0.25) is 0 Å². The number of rotatable bonds is 7. The van der Waals surface area contributed by atoms with Crippen LogP contribution in [0.5, 0.6) is 0 Å². The van der Waals surface area contributed by atoms with E-state index in [-0.39, 0.29) is 18.9 Å². The number of benzene rings is 1. The molecule has 1 saturated heterocycles. The molecule has 160 valence electrons. The van der Waals surface area contributed by atoms with Crippen molar-refractivity contribution in [2.45, 2.75) is 31.5 Å². The van der Waals surface area contributed by atoms with Crippen LogP contribution in [0.25, 0.3) is 0 Å². The van der Waals surface area contributed by atoms with Gasteiger partial charge >= 0.3 is 0 Å². The Hall–Kier alpha value is -3.69. The summed E-state index contributed by atoms with van der Waals surface area (Å²) in [5, 5.41) is 20.7. The highest BCUT2D eigenvalue weighted by atomic mass is 19.1. The van der Waals surface area contributed by atoms with Crippen molar-refractivity contribution in [3.05, 3.63) is 41.6 Å². The number of nitriles is 1. The largest absolute Gasteiger partial charge is 0.372 e. The SMILES string of the molecule is CNc1nc(Nc2cccc(C#N)c2)ncc1C#CCCCNC(=O)C1C[C@H](F)CN1. The van der Waals surface area contributed by atoms with Gasteiger partial charge in [0.15, 0.2) is 0 Å². The molecule has 2 atom stereocenters. The lowest BCUT2D eigenvalue weighted by Crippen LogP contribution is -2.40. The molecule has 0 aliphatic carbocycles. The molecule has 1 amide bonds. The summed E-state index contributed by atoms with van der Waals surface area (Å²) in [6, 6.07) is 8.70. The molecule has 2 aromatic rings. The van der Waals surface area contributed by atoms with Gasteiger partial charge in [-0.05, 0) is 24.6 Å². The minimum absolute atomic E-state index is 0.164. The van der Waals surface area contributed by atoms with Crippen LogP contribution < -0.4 is 21.3 Å². The number of alkyl halides is 1. The molecular formula is C22H24FN7O. The first kappa shape index (κ1) is 22.0. The third-order valence-electron chi connectivity index (χ3n) is 4.67. The summed E-state index contributed by atoms with van der Waals surface area (Å²) in [6.07, 6.45) is 2.19. The monoisotopic (exact) mass is 421 g/mol. The fraction of sp³-hybridized carbons (Fsp3) is 0.364. The van der Waals surface area contributed by atoms with Crippen LogP contribution in [0.4, 0.5) is 21.8 Å². The minimum Gasteiger partial charge on any atom is -0.372 e. The van der Waals surface area contributed by atoms with Crippen LogP contribution in [0.1, 0.15) is 30.4 Å². The number of unbranched alkanes of at least 4 members (excludes halogenated alkanes) is 1. The Balaban J connectivity index is 1.49. The average molecular weight is 421 g/mol. The third kappa shape index (κ3) is 6.39. The zero-order chi connectivity index (χ0) is 22.1. The van der Waals surface area contributed by atoms with E-state index in [1.54, 1.807) is 31.4 Å². The lowest BCUT2D eigenvalue weighted by atomic mass is 10.2. The molecular weight excluding hydrogens is 397 g/mol. The number of carbonyl (C=O) groups excluding carboxylic acids is 1. The predicted octanol–water partition coefficient (Wildman–Crippen LogP) is 2.08. The molecule has 1 fully saturated rings. The second-order valence-electron chi connectivity index (χ2n) is 7.01. The molecule has 9 heteroatoms. The van der Waals surface area contributed by atoms with Crippen LogP contribution >= 0.6 is 0 Å². The van der Waals surface area contributed by atoms with Crippen LogP contribution in [0.15, 0.2) is 30.5 Å². The van der Waals surface area contributed by atoms with E-state index in [1.807, 2.05) is 6.07 Å². The van der Waals surface area contributed by atoms with Gasteiger partial charge in [0, 0.05) is 38.7 Å². The van der Waals surface area contributed by atoms with Crippen molar-refractivity contribution in [1.29, 1.82) is 5.26 Å². The van der Waals surface area contributed by atoms with Gasteiger partial charge in [-0.3, -0.25) is 4.79 Å². The number of hydrogen-bond acceptors (Lipinski definition) is 7. The Morgan fingerprint density at radius 1 is 1.42 bits per heavy atom. The Labute approximate surface area is 180 Å². The Morgan fingerprint density at radius 2 is 2.29 bits per heavy atom. The highest BCUT2D eigenvalue weighted by molar-refractivity contribution is 5.82. The van der Waals surface area contributed by atoms with E-state index in [0.29, 0.717) is 42.3 Å². The summed E-state index contributed by atoms with van der Waals surface area (Å²) in [4.78, 5) is 20.6. The van der Waals surface area contributed by atoms with Gasteiger partial charge in [-0.2, -0.15) is 10.2 Å². The van der Waals surface area contributed by atoms with Gasteiger partial charge in [-0.1, -0.05) is 17.9 Å². The number of amides is 1. The topological polar surface area (TPSA) is 115 Å². The summed E-state index contributed by atoms with van der Waals surface area (Å²) in [5.74, 6) is 6.91. The molecule has 1 aliphatic rings. The van der Waals surface area contributed by atoms with Gasteiger partial charge in [0.05, 0.1) is 29.4 Å². The van der Waals surface area contributed by atoms with Crippen molar-refractivity contribution in [1.82, 2.24) is 20.6 Å². The number of anilines is 3. The fourth-order valence-corrected chi connectivity index (χ4v) is 3.08. The van der Waals surface area contributed by atoms with Crippen molar-refractivity contribution >= 4 is 23.4 Å². The number of aromatic nitrogens is 2. The number of nitrogens with one attached hydrogen (secondary N) is 4. The van der Waals surface area contributed by atoms with E-state index in [0.717, 1.165) is 5.69 Å². The van der Waals surface area contributed by atoms with Gasteiger partial charge in [0.25, 0.3) is 0 Å². The lowest BCUT2D eigenvalue weighted by molar-refractivity contribution is -0.122. The van der Waals surface area contributed by atoms with Crippen molar-refractivity contribution in [2.75, 3.05) is 30.8 Å². The fourth-order valence-electron chi connectivity index (χ4n) is 3.08. The van der Waals surface area contributed by atoms with E-state index in [1.165, 1.54) is 0 Å². The molecule has 31 heavy (non-hydrogen) atoms. The summed E-state index contributed by atoms with van der Waals surface area (Å²) in [6.45, 7) is 0.725. The van der Waals surface area contributed by atoms with E-state index >= 15 is 0 Å². The van der Waals surface area contributed by atoms with Gasteiger partial charge in [0.2, 0.25) is 11.9 Å². The molecule has 0 bridgehead atoms.